The molecule has 2 nitrogen and oxygen atoms in total. The quantitative estimate of drug-likeness (QED) is 0.906. The first kappa shape index (κ1) is 13.4. The topological polar surface area (TPSA) is 38.9 Å². The standard InChI is InChI=1S/C14H15ClN2S/c1-2-13(16)14-7-6-12(9-17-14)18-11-5-3-4-10(15)8-11/h3-9,13H,2,16H2,1H3/t13-/m0/s1. The van der Waals surface area contributed by atoms with Gasteiger partial charge in [0.1, 0.15) is 0 Å². The predicted octanol–water partition coefficient (Wildman–Crippen LogP) is 4.30. The van der Waals surface area contributed by atoms with Gasteiger partial charge < -0.3 is 5.73 Å². The van der Waals surface area contributed by atoms with Crippen LogP contribution in [0.4, 0.5) is 0 Å². The van der Waals surface area contributed by atoms with Crippen LogP contribution >= 0.6 is 23.4 Å². The van der Waals surface area contributed by atoms with E-state index in [9.17, 15) is 0 Å². The third-order valence-corrected chi connectivity index (χ3v) is 3.81. The lowest BCUT2D eigenvalue weighted by Gasteiger charge is -2.08. The molecule has 1 aromatic heterocycles. The van der Waals surface area contributed by atoms with Crippen molar-refractivity contribution in [2.24, 2.45) is 5.73 Å². The van der Waals surface area contributed by atoms with Crippen molar-refractivity contribution >= 4 is 23.4 Å². The Hall–Kier alpha value is -1.03. The molecule has 0 unspecified atom stereocenters. The Morgan fingerprint density at radius 3 is 2.72 bits per heavy atom. The Labute approximate surface area is 117 Å². The number of nitrogens with zero attached hydrogens (tertiary/aromatic N) is 1. The minimum atomic E-state index is 0.0234. The molecule has 18 heavy (non-hydrogen) atoms. The maximum absolute atomic E-state index is 5.95. The maximum atomic E-state index is 5.95. The number of pyridine rings is 1. The van der Waals surface area contributed by atoms with Crippen LogP contribution in [0.15, 0.2) is 52.4 Å². The Morgan fingerprint density at radius 2 is 2.11 bits per heavy atom. The van der Waals surface area contributed by atoms with Crippen LogP contribution < -0.4 is 5.73 Å². The van der Waals surface area contributed by atoms with Gasteiger partial charge >= 0.3 is 0 Å². The zero-order chi connectivity index (χ0) is 13.0. The Bertz CT molecular complexity index is 513. The summed E-state index contributed by atoms with van der Waals surface area (Å²) >= 11 is 7.59. The molecule has 0 radical (unpaired) electrons. The molecule has 1 aromatic carbocycles. The lowest BCUT2D eigenvalue weighted by atomic mass is 10.1. The molecule has 4 heteroatoms. The van der Waals surface area contributed by atoms with Crippen LogP contribution in [0, 0.1) is 0 Å². The van der Waals surface area contributed by atoms with Crippen molar-refractivity contribution in [2.45, 2.75) is 29.2 Å². The summed E-state index contributed by atoms with van der Waals surface area (Å²) in [4.78, 5) is 6.58. The van der Waals surface area contributed by atoms with Crippen molar-refractivity contribution in [2.75, 3.05) is 0 Å². The molecule has 2 N–H and O–H groups in total. The number of aromatic nitrogens is 1. The van der Waals surface area contributed by atoms with Crippen molar-refractivity contribution in [1.82, 2.24) is 4.98 Å². The second-order valence-corrected chi connectivity index (χ2v) is 5.58. The largest absolute Gasteiger partial charge is 0.323 e. The fraction of sp³-hybridized carbons (Fsp3) is 0.214. The molecule has 2 aromatic rings. The fourth-order valence-electron chi connectivity index (χ4n) is 1.55. The lowest BCUT2D eigenvalue weighted by Crippen LogP contribution is -2.10. The van der Waals surface area contributed by atoms with E-state index in [1.807, 2.05) is 42.6 Å². The summed E-state index contributed by atoms with van der Waals surface area (Å²) in [7, 11) is 0. The number of rotatable bonds is 4. The molecular formula is C14H15ClN2S. The second kappa shape index (κ2) is 6.23. The first-order valence-corrected chi connectivity index (χ1v) is 7.03. The van der Waals surface area contributed by atoms with Crippen molar-refractivity contribution < 1.29 is 0 Å². The van der Waals surface area contributed by atoms with E-state index < -0.39 is 0 Å². The van der Waals surface area contributed by atoms with Gasteiger partial charge in [0, 0.05) is 27.1 Å². The van der Waals surface area contributed by atoms with E-state index in [0.29, 0.717) is 0 Å². The first-order valence-electron chi connectivity index (χ1n) is 5.84. The van der Waals surface area contributed by atoms with Gasteiger partial charge in [-0.15, -0.1) is 0 Å². The van der Waals surface area contributed by atoms with E-state index in [-0.39, 0.29) is 6.04 Å². The van der Waals surface area contributed by atoms with Gasteiger partial charge in [-0.3, -0.25) is 4.98 Å². The van der Waals surface area contributed by atoms with Gasteiger partial charge in [0.2, 0.25) is 0 Å². The summed E-state index contributed by atoms with van der Waals surface area (Å²) < 4.78 is 0. The van der Waals surface area contributed by atoms with Crippen molar-refractivity contribution in [3.05, 3.63) is 53.3 Å². The van der Waals surface area contributed by atoms with Gasteiger partial charge in [-0.2, -0.15) is 0 Å². The molecular weight excluding hydrogens is 264 g/mol. The molecule has 94 valence electrons. The molecule has 1 heterocycles. The highest BCUT2D eigenvalue weighted by Crippen LogP contribution is 2.29. The SMILES string of the molecule is CC[C@H](N)c1ccc(Sc2cccc(Cl)c2)cn1. The van der Waals surface area contributed by atoms with Crippen molar-refractivity contribution in [3.63, 3.8) is 0 Å². The Kier molecular flexibility index (Phi) is 4.64. The first-order chi connectivity index (χ1) is 8.69. The van der Waals surface area contributed by atoms with Gasteiger partial charge in [-0.25, -0.2) is 0 Å². The molecule has 2 rings (SSSR count). The van der Waals surface area contributed by atoms with Crippen LogP contribution in [-0.2, 0) is 0 Å². The zero-order valence-electron chi connectivity index (χ0n) is 10.1. The molecule has 0 saturated carbocycles. The monoisotopic (exact) mass is 278 g/mol. The third kappa shape index (κ3) is 3.48. The molecule has 0 bridgehead atoms. The van der Waals surface area contributed by atoms with Gasteiger partial charge in [-0.05, 0) is 36.8 Å². The summed E-state index contributed by atoms with van der Waals surface area (Å²) in [5.41, 5.74) is 6.87. The van der Waals surface area contributed by atoms with Crippen molar-refractivity contribution in [1.29, 1.82) is 0 Å². The fourth-order valence-corrected chi connectivity index (χ4v) is 2.65. The summed E-state index contributed by atoms with van der Waals surface area (Å²) in [5.74, 6) is 0. The molecule has 0 spiro atoms. The average molecular weight is 279 g/mol. The van der Waals surface area contributed by atoms with Gasteiger partial charge in [0.25, 0.3) is 0 Å². The summed E-state index contributed by atoms with van der Waals surface area (Å²) in [6.45, 7) is 2.06. The molecule has 0 saturated heterocycles. The third-order valence-electron chi connectivity index (χ3n) is 2.61. The Morgan fingerprint density at radius 1 is 1.28 bits per heavy atom. The molecule has 0 aliphatic heterocycles. The lowest BCUT2D eigenvalue weighted by molar-refractivity contribution is 0.674. The van der Waals surface area contributed by atoms with E-state index in [4.69, 9.17) is 17.3 Å². The molecule has 0 aliphatic carbocycles. The summed E-state index contributed by atoms with van der Waals surface area (Å²) in [6, 6.07) is 11.8. The smallest absolute Gasteiger partial charge is 0.0571 e. The van der Waals surface area contributed by atoms with E-state index >= 15 is 0 Å². The molecule has 0 amide bonds. The van der Waals surface area contributed by atoms with Crippen LogP contribution in [0.2, 0.25) is 5.02 Å². The summed E-state index contributed by atoms with van der Waals surface area (Å²) in [6.07, 6.45) is 2.75. The zero-order valence-corrected chi connectivity index (χ0v) is 11.7. The molecule has 1 atom stereocenters. The number of hydrogen-bond acceptors (Lipinski definition) is 3. The molecule has 0 aliphatic rings. The number of hydrogen-bond donors (Lipinski definition) is 1. The van der Waals surface area contributed by atoms with Gasteiger partial charge in [-0.1, -0.05) is 36.4 Å². The highest BCUT2D eigenvalue weighted by Gasteiger charge is 2.05. The Balaban J connectivity index is 2.11. The predicted molar refractivity (Wildman–Crippen MR) is 77.0 cm³/mol. The minimum Gasteiger partial charge on any atom is -0.323 e. The van der Waals surface area contributed by atoms with Crippen LogP contribution in [0.25, 0.3) is 0 Å². The van der Waals surface area contributed by atoms with E-state index in [1.165, 1.54) is 0 Å². The second-order valence-electron chi connectivity index (χ2n) is 3.99. The number of benzene rings is 1. The molecule has 0 fully saturated rings. The van der Waals surface area contributed by atoms with Crippen LogP contribution in [0.3, 0.4) is 0 Å². The maximum Gasteiger partial charge on any atom is 0.0571 e. The normalized spacial score (nSPS) is 12.4. The highest BCUT2D eigenvalue weighted by molar-refractivity contribution is 7.99. The summed E-state index contributed by atoms with van der Waals surface area (Å²) in [5, 5.41) is 0.748. The van der Waals surface area contributed by atoms with Crippen LogP contribution in [0.5, 0.6) is 0 Å². The number of nitrogens with two attached hydrogens (primary N) is 1. The van der Waals surface area contributed by atoms with Gasteiger partial charge in [0.05, 0.1) is 5.69 Å². The van der Waals surface area contributed by atoms with E-state index in [2.05, 4.69) is 11.9 Å². The average Bonchev–Trinajstić information content (AvgIpc) is 2.39. The van der Waals surface area contributed by atoms with Gasteiger partial charge in [0.15, 0.2) is 0 Å². The minimum absolute atomic E-state index is 0.0234. The van der Waals surface area contributed by atoms with Crippen molar-refractivity contribution in [3.8, 4) is 0 Å². The highest BCUT2D eigenvalue weighted by atomic mass is 35.5. The number of halogens is 1. The van der Waals surface area contributed by atoms with E-state index in [0.717, 1.165) is 26.9 Å². The van der Waals surface area contributed by atoms with E-state index in [1.54, 1.807) is 11.8 Å². The van der Waals surface area contributed by atoms with Crippen LogP contribution in [0.1, 0.15) is 25.1 Å². The van der Waals surface area contributed by atoms with Crippen LogP contribution in [-0.4, -0.2) is 4.98 Å².